The summed E-state index contributed by atoms with van der Waals surface area (Å²) in [5.74, 6) is -0.367. The molecule has 2 aromatic rings. The molecule has 0 aliphatic carbocycles. The molecule has 0 saturated carbocycles. The van der Waals surface area contributed by atoms with Crippen molar-refractivity contribution in [1.29, 1.82) is 0 Å². The van der Waals surface area contributed by atoms with Crippen LogP contribution in [0.15, 0.2) is 53.5 Å². The lowest BCUT2D eigenvalue weighted by molar-refractivity contribution is -0.137. The minimum atomic E-state index is -4.44. The molecule has 164 valence electrons. The van der Waals surface area contributed by atoms with E-state index in [1.54, 1.807) is 26.2 Å². The Morgan fingerprint density at radius 3 is 2.33 bits per heavy atom. The molecular weight excluding hydrogens is 515 g/mol. The van der Waals surface area contributed by atoms with Crippen LogP contribution < -0.4 is 10.6 Å². The number of halogens is 5. The smallest absolute Gasteiger partial charge is 0.352 e. The summed E-state index contributed by atoms with van der Waals surface area (Å²) in [5, 5.41) is 5.78. The first-order valence-corrected chi connectivity index (χ1v) is 8.78. The lowest BCUT2D eigenvalue weighted by atomic mass is 10.1. The van der Waals surface area contributed by atoms with Crippen LogP contribution in [0.3, 0.4) is 0 Å². The number of carbonyl (C=O) groups is 1. The van der Waals surface area contributed by atoms with Gasteiger partial charge in [-0.05, 0) is 35.4 Å². The molecule has 0 saturated heterocycles. The van der Waals surface area contributed by atoms with Crippen molar-refractivity contribution >= 4 is 35.8 Å². The van der Waals surface area contributed by atoms with Gasteiger partial charge in [-0.3, -0.25) is 4.79 Å². The number of hydrogen-bond donors (Lipinski definition) is 2. The predicted molar refractivity (Wildman–Crippen MR) is 118 cm³/mol. The zero-order valence-electron chi connectivity index (χ0n) is 16.5. The highest BCUT2D eigenvalue weighted by molar-refractivity contribution is 14.0. The predicted octanol–water partition coefficient (Wildman–Crippen LogP) is 3.79. The van der Waals surface area contributed by atoms with Gasteiger partial charge < -0.3 is 15.5 Å². The fourth-order valence-electron chi connectivity index (χ4n) is 2.34. The summed E-state index contributed by atoms with van der Waals surface area (Å²) in [4.78, 5) is 17.4. The van der Waals surface area contributed by atoms with E-state index in [0.717, 1.165) is 12.1 Å². The second-order valence-electron chi connectivity index (χ2n) is 6.49. The molecule has 0 heterocycles. The van der Waals surface area contributed by atoms with Gasteiger partial charge in [0.05, 0.1) is 18.7 Å². The number of alkyl halides is 3. The molecule has 0 spiro atoms. The first kappa shape index (κ1) is 25.7. The summed E-state index contributed by atoms with van der Waals surface area (Å²) in [6.07, 6.45) is -4.44. The van der Waals surface area contributed by atoms with Crippen LogP contribution in [0.5, 0.6) is 0 Å². The molecule has 0 radical (unpaired) electrons. The Bertz CT molecular complexity index is 872. The van der Waals surface area contributed by atoms with Crippen molar-refractivity contribution in [3.63, 3.8) is 0 Å². The summed E-state index contributed by atoms with van der Waals surface area (Å²) >= 11 is 0. The molecule has 0 aliphatic rings. The fourth-order valence-corrected chi connectivity index (χ4v) is 2.34. The van der Waals surface area contributed by atoms with Crippen LogP contribution in [-0.2, 0) is 24.1 Å². The summed E-state index contributed by atoms with van der Waals surface area (Å²) in [6.45, 7) is 0.144. The van der Waals surface area contributed by atoms with Gasteiger partial charge in [-0.1, -0.05) is 24.3 Å². The van der Waals surface area contributed by atoms with Crippen molar-refractivity contribution in [1.82, 2.24) is 15.5 Å². The Hall–Kier alpha value is -2.37. The zero-order chi connectivity index (χ0) is 21.4. The van der Waals surface area contributed by atoms with Crippen LogP contribution in [0.2, 0.25) is 0 Å². The van der Waals surface area contributed by atoms with Gasteiger partial charge >= 0.3 is 6.18 Å². The van der Waals surface area contributed by atoms with Gasteiger partial charge in [0.1, 0.15) is 5.82 Å². The van der Waals surface area contributed by atoms with E-state index in [9.17, 15) is 22.4 Å². The van der Waals surface area contributed by atoms with Gasteiger partial charge in [-0.15, -0.1) is 24.0 Å². The van der Waals surface area contributed by atoms with E-state index in [-0.39, 0.29) is 61.3 Å². The van der Waals surface area contributed by atoms with Crippen molar-refractivity contribution in [2.24, 2.45) is 4.99 Å². The summed E-state index contributed by atoms with van der Waals surface area (Å²) < 4.78 is 51.9. The monoisotopic (exact) mass is 538 g/mol. The maximum absolute atomic E-state index is 13.3. The molecule has 1 amide bonds. The highest BCUT2D eigenvalue weighted by Gasteiger charge is 2.30. The van der Waals surface area contributed by atoms with Crippen LogP contribution >= 0.6 is 24.0 Å². The van der Waals surface area contributed by atoms with Crippen LogP contribution in [0, 0.1) is 5.82 Å². The van der Waals surface area contributed by atoms with Crippen molar-refractivity contribution < 1.29 is 22.4 Å². The number of guanidine groups is 1. The molecule has 2 aromatic carbocycles. The van der Waals surface area contributed by atoms with E-state index in [2.05, 4.69) is 15.6 Å². The van der Waals surface area contributed by atoms with Gasteiger partial charge in [0.15, 0.2) is 5.96 Å². The first-order chi connectivity index (χ1) is 13.6. The second kappa shape index (κ2) is 11.7. The molecule has 0 aliphatic heterocycles. The Morgan fingerprint density at radius 1 is 1.03 bits per heavy atom. The van der Waals surface area contributed by atoms with Gasteiger partial charge in [0.2, 0.25) is 5.91 Å². The van der Waals surface area contributed by atoms with Gasteiger partial charge in [0, 0.05) is 20.6 Å². The van der Waals surface area contributed by atoms with Crippen LogP contribution in [0.4, 0.5) is 17.6 Å². The van der Waals surface area contributed by atoms with Gasteiger partial charge in [-0.25, -0.2) is 9.38 Å². The van der Waals surface area contributed by atoms with Crippen LogP contribution in [0.1, 0.15) is 16.7 Å². The summed E-state index contributed by atoms with van der Waals surface area (Å²) in [7, 11) is 3.20. The molecule has 0 unspecified atom stereocenters. The first-order valence-electron chi connectivity index (χ1n) is 8.78. The average Bonchev–Trinajstić information content (AvgIpc) is 2.66. The number of benzene rings is 2. The number of nitrogens with one attached hydrogen (secondary N) is 2. The molecule has 0 fully saturated rings. The Kier molecular flexibility index (Phi) is 10.0. The Morgan fingerprint density at radius 2 is 1.70 bits per heavy atom. The molecule has 10 heteroatoms. The highest BCUT2D eigenvalue weighted by atomic mass is 127. The number of likely N-dealkylation sites (N-methyl/N-ethyl adjacent to an activating group) is 1. The van der Waals surface area contributed by atoms with Crippen molar-refractivity contribution in [2.45, 2.75) is 19.3 Å². The van der Waals surface area contributed by atoms with Gasteiger partial charge in [0.25, 0.3) is 0 Å². The van der Waals surface area contributed by atoms with E-state index in [4.69, 9.17) is 0 Å². The SMILES string of the molecule is CN(C)C(=O)CNC(=NCc1cccc(C(F)(F)F)c1)NCc1cccc(F)c1.I. The normalized spacial score (nSPS) is 11.5. The maximum Gasteiger partial charge on any atom is 0.416 e. The minimum absolute atomic E-state index is 0. The molecule has 0 bridgehead atoms. The second-order valence-corrected chi connectivity index (χ2v) is 6.49. The van der Waals surface area contributed by atoms with E-state index < -0.39 is 11.7 Å². The number of rotatable bonds is 6. The molecular formula is C20H23F4IN4O. The summed E-state index contributed by atoms with van der Waals surface area (Å²) in [5.41, 5.74) is 0.262. The summed E-state index contributed by atoms with van der Waals surface area (Å²) in [6, 6.07) is 10.8. The third-order valence-corrected chi connectivity index (χ3v) is 3.93. The molecule has 5 nitrogen and oxygen atoms in total. The average molecular weight is 538 g/mol. The van der Waals surface area contributed by atoms with Crippen LogP contribution in [-0.4, -0.2) is 37.4 Å². The number of aliphatic imine (C=N–C) groups is 1. The van der Waals surface area contributed by atoms with Crippen molar-refractivity contribution in [2.75, 3.05) is 20.6 Å². The standard InChI is InChI=1S/C20H22F4N4O.HI/c1-28(2)18(29)13-27-19(26-12-15-6-4-8-17(21)10-15)25-11-14-5-3-7-16(9-14)20(22,23)24;/h3-10H,11-13H2,1-2H3,(H2,25,26,27);1H. The molecule has 0 aromatic heterocycles. The number of nitrogens with zero attached hydrogens (tertiary/aromatic N) is 2. The van der Waals surface area contributed by atoms with Crippen LogP contribution in [0.25, 0.3) is 0 Å². The quantitative estimate of drug-likeness (QED) is 0.255. The van der Waals surface area contributed by atoms with E-state index in [0.29, 0.717) is 11.1 Å². The topological polar surface area (TPSA) is 56.7 Å². The number of carbonyl (C=O) groups excluding carboxylic acids is 1. The van der Waals surface area contributed by atoms with Crippen molar-refractivity contribution in [3.05, 3.63) is 71.0 Å². The van der Waals surface area contributed by atoms with E-state index >= 15 is 0 Å². The molecule has 2 N–H and O–H groups in total. The highest BCUT2D eigenvalue weighted by Crippen LogP contribution is 2.29. The lowest BCUT2D eigenvalue weighted by Crippen LogP contribution is -2.42. The molecule has 0 atom stereocenters. The molecule has 30 heavy (non-hydrogen) atoms. The third-order valence-electron chi connectivity index (χ3n) is 3.93. The minimum Gasteiger partial charge on any atom is -0.352 e. The fraction of sp³-hybridized carbons (Fsp3) is 0.300. The maximum atomic E-state index is 13.3. The Balaban J connectivity index is 0.00000450. The Labute approximate surface area is 189 Å². The zero-order valence-corrected chi connectivity index (χ0v) is 18.8. The lowest BCUT2D eigenvalue weighted by Gasteiger charge is -2.15. The molecule has 2 rings (SSSR count). The third kappa shape index (κ3) is 8.56. The van der Waals surface area contributed by atoms with E-state index in [1.165, 1.54) is 29.2 Å². The van der Waals surface area contributed by atoms with Gasteiger partial charge in [-0.2, -0.15) is 13.2 Å². The largest absolute Gasteiger partial charge is 0.416 e. The number of amides is 1. The van der Waals surface area contributed by atoms with Crippen molar-refractivity contribution in [3.8, 4) is 0 Å². The van der Waals surface area contributed by atoms with E-state index in [1.807, 2.05) is 0 Å². The number of hydrogen-bond acceptors (Lipinski definition) is 2.